The fraction of sp³-hybridized carbons (Fsp3) is 0.529. The molecular formula is C17H24Cl2N3O3+. The van der Waals surface area contributed by atoms with E-state index in [1.165, 1.54) is 0 Å². The van der Waals surface area contributed by atoms with Crippen LogP contribution in [0.15, 0.2) is 18.2 Å². The smallest absolute Gasteiger partial charge is 0.277 e. The van der Waals surface area contributed by atoms with Crippen LogP contribution in [0.25, 0.3) is 0 Å². The first-order valence-corrected chi connectivity index (χ1v) is 9.03. The Morgan fingerprint density at radius 1 is 1.28 bits per heavy atom. The second-order valence-corrected chi connectivity index (χ2v) is 7.10. The normalized spacial score (nSPS) is 17.0. The SMILES string of the molecule is C[C@H](NC(=O)C[NH+](C)CC(=O)N1CCOCC1)c1ccc(Cl)cc1Cl. The topological polar surface area (TPSA) is 63.1 Å². The van der Waals surface area contributed by atoms with Crippen LogP contribution in [0.1, 0.15) is 18.5 Å². The van der Waals surface area contributed by atoms with Gasteiger partial charge in [-0.3, -0.25) is 9.59 Å². The summed E-state index contributed by atoms with van der Waals surface area (Å²) >= 11 is 12.1. The molecule has 6 nitrogen and oxygen atoms in total. The summed E-state index contributed by atoms with van der Waals surface area (Å²) in [6, 6.07) is 4.96. The molecular weight excluding hydrogens is 365 g/mol. The first-order valence-electron chi connectivity index (χ1n) is 8.28. The maximum atomic E-state index is 12.2. The van der Waals surface area contributed by atoms with Gasteiger partial charge in [0.05, 0.1) is 26.3 Å². The van der Waals surface area contributed by atoms with Crippen LogP contribution in [0.2, 0.25) is 10.0 Å². The molecule has 1 heterocycles. The average Bonchev–Trinajstić information content (AvgIpc) is 2.55. The molecule has 1 fully saturated rings. The van der Waals surface area contributed by atoms with Crippen molar-refractivity contribution in [3.63, 3.8) is 0 Å². The molecule has 1 aromatic carbocycles. The molecule has 1 saturated heterocycles. The van der Waals surface area contributed by atoms with Gasteiger partial charge in [-0.25, -0.2) is 0 Å². The van der Waals surface area contributed by atoms with Gasteiger partial charge in [-0.05, 0) is 24.6 Å². The van der Waals surface area contributed by atoms with E-state index in [4.69, 9.17) is 27.9 Å². The van der Waals surface area contributed by atoms with E-state index < -0.39 is 0 Å². The summed E-state index contributed by atoms with van der Waals surface area (Å²) in [6.45, 7) is 4.74. The molecule has 8 heteroatoms. The van der Waals surface area contributed by atoms with Crippen LogP contribution in [0.4, 0.5) is 0 Å². The fourth-order valence-corrected chi connectivity index (χ4v) is 3.31. The third kappa shape index (κ3) is 6.15. The van der Waals surface area contributed by atoms with Crippen LogP contribution in [0.5, 0.6) is 0 Å². The molecule has 0 spiro atoms. The van der Waals surface area contributed by atoms with Crippen molar-refractivity contribution in [3.05, 3.63) is 33.8 Å². The maximum absolute atomic E-state index is 12.2. The van der Waals surface area contributed by atoms with Crippen molar-refractivity contribution >= 4 is 35.0 Å². The number of rotatable bonds is 6. The molecule has 2 N–H and O–H groups in total. The van der Waals surface area contributed by atoms with Gasteiger partial charge in [0, 0.05) is 23.1 Å². The summed E-state index contributed by atoms with van der Waals surface area (Å²) in [6.07, 6.45) is 0. The number of nitrogens with zero attached hydrogens (tertiary/aromatic N) is 1. The average molecular weight is 389 g/mol. The van der Waals surface area contributed by atoms with Crippen LogP contribution in [-0.4, -0.2) is 63.2 Å². The van der Waals surface area contributed by atoms with E-state index >= 15 is 0 Å². The van der Waals surface area contributed by atoms with Crippen molar-refractivity contribution in [1.29, 1.82) is 0 Å². The van der Waals surface area contributed by atoms with Gasteiger partial charge >= 0.3 is 0 Å². The lowest BCUT2D eigenvalue weighted by Gasteiger charge is -2.27. The number of hydrogen-bond acceptors (Lipinski definition) is 3. The van der Waals surface area contributed by atoms with Gasteiger partial charge in [0.25, 0.3) is 11.8 Å². The summed E-state index contributed by atoms with van der Waals surface area (Å²) < 4.78 is 5.24. The van der Waals surface area contributed by atoms with Crippen molar-refractivity contribution in [1.82, 2.24) is 10.2 Å². The Labute approximate surface area is 158 Å². The monoisotopic (exact) mass is 388 g/mol. The third-order valence-corrected chi connectivity index (χ3v) is 4.65. The zero-order valence-electron chi connectivity index (χ0n) is 14.5. The van der Waals surface area contributed by atoms with Crippen molar-refractivity contribution in [2.45, 2.75) is 13.0 Å². The van der Waals surface area contributed by atoms with Crippen molar-refractivity contribution < 1.29 is 19.2 Å². The zero-order chi connectivity index (χ0) is 18.4. The number of halogens is 2. The lowest BCUT2D eigenvalue weighted by atomic mass is 10.1. The number of morpholine rings is 1. The molecule has 1 aliphatic rings. The van der Waals surface area contributed by atoms with Gasteiger partial charge in [0.1, 0.15) is 0 Å². The molecule has 1 aromatic rings. The Hall–Kier alpha value is -1.34. The molecule has 0 bridgehead atoms. The predicted molar refractivity (Wildman–Crippen MR) is 97.0 cm³/mol. The highest BCUT2D eigenvalue weighted by Gasteiger charge is 2.22. The summed E-state index contributed by atoms with van der Waals surface area (Å²) in [4.78, 5) is 27.0. The van der Waals surface area contributed by atoms with Crippen LogP contribution in [0.3, 0.4) is 0 Å². The van der Waals surface area contributed by atoms with Gasteiger partial charge in [-0.2, -0.15) is 0 Å². The Morgan fingerprint density at radius 3 is 2.60 bits per heavy atom. The standard InChI is InChI=1S/C17H23Cl2N3O3/c1-12(14-4-3-13(18)9-15(14)19)20-16(23)10-21(2)11-17(24)22-5-7-25-8-6-22/h3-4,9,12H,5-8,10-11H2,1-2H3,(H,20,23)/p+1/t12-/m0/s1. The zero-order valence-corrected chi connectivity index (χ0v) is 16.0. The molecule has 2 atom stereocenters. The first-order chi connectivity index (χ1) is 11.9. The third-order valence-electron chi connectivity index (χ3n) is 4.09. The second kappa shape index (κ2) is 9.38. The van der Waals surface area contributed by atoms with Gasteiger partial charge in [0.15, 0.2) is 13.1 Å². The molecule has 2 rings (SSSR count). The second-order valence-electron chi connectivity index (χ2n) is 6.26. The van der Waals surface area contributed by atoms with Gasteiger partial charge in [-0.15, -0.1) is 0 Å². The fourth-order valence-electron chi connectivity index (χ4n) is 2.74. The van der Waals surface area contributed by atoms with E-state index in [-0.39, 0.29) is 30.9 Å². The highest BCUT2D eigenvalue weighted by molar-refractivity contribution is 6.35. The number of carbonyl (C=O) groups is 2. The summed E-state index contributed by atoms with van der Waals surface area (Å²) in [5.41, 5.74) is 0.807. The molecule has 0 aromatic heterocycles. The summed E-state index contributed by atoms with van der Waals surface area (Å²) in [5.74, 6) is -0.0896. The number of likely N-dealkylation sites (N-methyl/N-ethyl adjacent to an activating group) is 1. The van der Waals surface area contributed by atoms with Gasteiger partial charge < -0.3 is 19.9 Å². The van der Waals surface area contributed by atoms with Crippen molar-refractivity contribution in [3.8, 4) is 0 Å². The quantitative estimate of drug-likeness (QED) is 0.747. The maximum Gasteiger partial charge on any atom is 0.277 e. The number of benzene rings is 1. The highest BCUT2D eigenvalue weighted by atomic mass is 35.5. The lowest BCUT2D eigenvalue weighted by molar-refractivity contribution is -0.863. The van der Waals surface area contributed by atoms with Crippen LogP contribution in [-0.2, 0) is 14.3 Å². The number of carbonyl (C=O) groups excluding carboxylic acids is 2. The van der Waals surface area contributed by atoms with E-state index in [9.17, 15) is 9.59 Å². The van der Waals surface area contributed by atoms with Crippen LogP contribution < -0.4 is 10.2 Å². The van der Waals surface area contributed by atoms with E-state index in [0.717, 1.165) is 10.5 Å². The molecule has 25 heavy (non-hydrogen) atoms. The molecule has 1 aliphatic heterocycles. The van der Waals surface area contributed by atoms with Crippen molar-refractivity contribution in [2.75, 3.05) is 46.4 Å². The Bertz CT molecular complexity index is 621. The molecule has 138 valence electrons. The predicted octanol–water partition coefficient (Wildman–Crippen LogP) is 0.544. The number of nitrogens with one attached hydrogen (secondary N) is 2. The Morgan fingerprint density at radius 2 is 1.96 bits per heavy atom. The largest absolute Gasteiger partial charge is 0.378 e. The molecule has 0 saturated carbocycles. The minimum Gasteiger partial charge on any atom is -0.378 e. The number of hydrogen-bond donors (Lipinski definition) is 2. The Kier molecular flexibility index (Phi) is 7.50. The number of ether oxygens (including phenoxy) is 1. The van der Waals surface area contributed by atoms with E-state index in [0.29, 0.717) is 36.3 Å². The van der Waals surface area contributed by atoms with Crippen molar-refractivity contribution in [2.24, 2.45) is 0 Å². The molecule has 2 amide bonds. The van der Waals surface area contributed by atoms with Crippen LogP contribution in [0, 0.1) is 0 Å². The number of amides is 2. The van der Waals surface area contributed by atoms with Crippen LogP contribution >= 0.6 is 23.2 Å². The molecule has 1 unspecified atom stereocenters. The van der Waals surface area contributed by atoms with E-state index in [2.05, 4.69) is 5.32 Å². The minimum atomic E-state index is -0.236. The first kappa shape index (κ1) is 20.0. The van der Waals surface area contributed by atoms with Gasteiger partial charge in [-0.1, -0.05) is 29.3 Å². The number of quaternary nitrogens is 1. The molecule has 0 aliphatic carbocycles. The lowest BCUT2D eigenvalue weighted by Crippen LogP contribution is -3.11. The van der Waals surface area contributed by atoms with E-state index in [1.807, 2.05) is 14.0 Å². The Balaban J connectivity index is 1.81. The minimum absolute atomic E-state index is 0.0439. The van der Waals surface area contributed by atoms with E-state index in [1.54, 1.807) is 23.1 Å². The molecule has 0 radical (unpaired) electrons. The summed E-state index contributed by atoms with van der Waals surface area (Å²) in [7, 11) is 1.83. The summed E-state index contributed by atoms with van der Waals surface area (Å²) in [5, 5.41) is 3.98. The van der Waals surface area contributed by atoms with Gasteiger partial charge in [0.2, 0.25) is 0 Å². The highest BCUT2D eigenvalue weighted by Crippen LogP contribution is 2.25.